The monoisotopic (exact) mass is 232 g/mol. The minimum Gasteiger partial charge on any atom is -0.379 e. The molecule has 2 aromatic rings. The Hall–Kier alpha value is -1.75. The van der Waals surface area contributed by atoms with E-state index >= 15 is 0 Å². The van der Waals surface area contributed by atoms with Gasteiger partial charge in [-0.25, -0.2) is 4.68 Å². The summed E-state index contributed by atoms with van der Waals surface area (Å²) in [6.45, 7) is 4.53. The van der Waals surface area contributed by atoms with E-state index in [0.717, 1.165) is 18.5 Å². The Balaban J connectivity index is 2.41. The van der Waals surface area contributed by atoms with E-state index in [-0.39, 0.29) is 0 Å². The lowest BCUT2D eigenvalue weighted by atomic mass is 9.94. The van der Waals surface area contributed by atoms with Crippen LogP contribution in [0.15, 0.2) is 30.7 Å². The molecule has 2 rings (SSSR count). The van der Waals surface area contributed by atoms with Gasteiger partial charge in [-0.15, -0.1) is 5.10 Å². The largest absolute Gasteiger partial charge is 0.379 e. The van der Waals surface area contributed by atoms with E-state index in [1.807, 2.05) is 6.07 Å². The fourth-order valence-corrected chi connectivity index (χ4v) is 1.81. The first kappa shape index (κ1) is 11.7. The van der Waals surface area contributed by atoms with Crippen LogP contribution in [-0.2, 0) is 12.1 Å². The first-order valence-electron chi connectivity index (χ1n) is 5.68. The van der Waals surface area contributed by atoms with Gasteiger partial charge < -0.3 is 5.11 Å². The minimum absolute atomic E-state index is 0.687. The summed E-state index contributed by atoms with van der Waals surface area (Å²) in [6, 6.07) is 3.65. The molecule has 5 nitrogen and oxygen atoms in total. The van der Waals surface area contributed by atoms with Gasteiger partial charge in [0.05, 0.1) is 11.9 Å². The maximum Gasteiger partial charge on any atom is 0.131 e. The van der Waals surface area contributed by atoms with E-state index in [1.165, 1.54) is 0 Å². The number of rotatable bonds is 4. The number of pyridine rings is 1. The number of nitrogens with zero attached hydrogens (tertiary/aromatic N) is 4. The molecule has 0 aliphatic rings. The van der Waals surface area contributed by atoms with Gasteiger partial charge in [0.25, 0.3) is 0 Å². The van der Waals surface area contributed by atoms with Gasteiger partial charge in [-0.3, -0.25) is 4.98 Å². The fourth-order valence-electron chi connectivity index (χ4n) is 1.81. The summed E-state index contributed by atoms with van der Waals surface area (Å²) < 4.78 is 1.73. The van der Waals surface area contributed by atoms with E-state index in [1.54, 1.807) is 36.3 Å². The smallest absolute Gasteiger partial charge is 0.131 e. The van der Waals surface area contributed by atoms with Gasteiger partial charge in [0, 0.05) is 24.5 Å². The van der Waals surface area contributed by atoms with Crippen LogP contribution in [0.25, 0.3) is 0 Å². The third kappa shape index (κ3) is 2.19. The Kier molecular flexibility index (Phi) is 3.19. The summed E-state index contributed by atoms with van der Waals surface area (Å²) in [7, 11) is 0. The van der Waals surface area contributed by atoms with Crippen LogP contribution in [0.3, 0.4) is 0 Å². The summed E-state index contributed by atoms with van der Waals surface area (Å²) >= 11 is 0. The third-order valence-corrected chi connectivity index (χ3v) is 2.78. The van der Waals surface area contributed by atoms with Crippen molar-refractivity contribution in [2.24, 2.45) is 0 Å². The van der Waals surface area contributed by atoms with E-state index in [0.29, 0.717) is 5.69 Å². The van der Waals surface area contributed by atoms with Crippen molar-refractivity contribution < 1.29 is 5.11 Å². The Morgan fingerprint density at radius 1 is 1.41 bits per heavy atom. The standard InChI is InChI=1S/C12H16N4O/c1-3-7-16-11(9-14-15-16)12(2,17)10-5-4-6-13-8-10/h4-6,8-9,17H,3,7H2,1-2H3. The molecule has 17 heavy (non-hydrogen) atoms. The van der Waals surface area contributed by atoms with E-state index in [2.05, 4.69) is 22.2 Å². The highest BCUT2D eigenvalue weighted by Crippen LogP contribution is 2.27. The summed E-state index contributed by atoms with van der Waals surface area (Å²) in [4.78, 5) is 4.03. The van der Waals surface area contributed by atoms with Gasteiger partial charge in [-0.1, -0.05) is 18.2 Å². The molecule has 1 N–H and O–H groups in total. The molecule has 5 heteroatoms. The van der Waals surface area contributed by atoms with Gasteiger partial charge in [-0.05, 0) is 19.4 Å². The zero-order valence-electron chi connectivity index (χ0n) is 10.0. The van der Waals surface area contributed by atoms with Crippen LogP contribution in [0.5, 0.6) is 0 Å². The molecule has 2 heterocycles. The van der Waals surface area contributed by atoms with Crippen molar-refractivity contribution in [3.63, 3.8) is 0 Å². The normalized spacial score (nSPS) is 14.5. The van der Waals surface area contributed by atoms with Crippen LogP contribution >= 0.6 is 0 Å². The molecule has 0 aliphatic heterocycles. The summed E-state index contributed by atoms with van der Waals surface area (Å²) in [5.41, 5.74) is 0.305. The molecule has 0 bridgehead atoms. The molecule has 0 amide bonds. The molecular weight excluding hydrogens is 216 g/mol. The molecule has 0 spiro atoms. The quantitative estimate of drug-likeness (QED) is 0.864. The predicted molar refractivity (Wildman–Crippen MR) is 63.2 cm³/mol. The number of hydrogen-bond acceptors (Lipinski definition) is 4. The van der Waals surface area contributed by atoms with Gasteiger partial charge in [0.15, 0.2) is 0 Å². The molecule has 1 unspecified atom stereocenters. The van der Waals surface area contributed by atoms with Crippen molar-refractivity contribution in [2.75, 3.05) is 0 Å². The Morgan fingerprint density at radius 3 is 2.88 bits per heavy atom. The lowest BCUT2D eigenvalue weighted by Crippen LogP contribution is -2.27. The van der Waals surface area contributed by atoms with E-state index in [9.17, 15) is 5.11 Å². The average Bonchev–Trinajstić information content (AvgIpc) is 2.80. The third-order valence-electron chi connectivity index (χ3n) is 2.78. The second kappa shape index (κ2) is 4.63. The lowest BCUT2D eigenvalue weighted by Gasteiger charge is -2.23. The summed E-state index contributed by atoms with van der Waals surface area (Å²) in [5, 5.41) is 18.5. The molecule has 1 atom stereocenters. The predicted octanol–water partition coefficient (Wildman–Crippen LogP) is 1.34. The highest BCUT2D eigenvalue weighted by atomic mass is 16.3. The molecule has 90 valence electrons. The molecular formula is C12H16N4O. The molecule has 0 saturated carbocycles. The molecule has 0 radical (unpaired) electrons. The number of aryl methyl sites for hydroxylation is 1. The zero-order valence-corrected chi connectivity index (χ0v) is 10.0. The van der Waals surface area contributed by atoms with Crippen molar-refractivity contribution in [2.45, 2.75) is 32.4 Å². The fraction of sp³-hybridized carbons (Fsp3) is 0.417. The molecule has 0 aromatic carbocycles. The molecule has 0 fully saturated rings. The van der Waals surface area contributed by atoms with Crippen molar-refractivity contribution in [3.05, 3.63) is 42.0 Å². The molecule has 0 saturated heterocycles. The number of hydrogen-bond donors (Lipinski definition) is 1. The molecule has 2 aromatic heterocycles. The maximum atomic E-state index is 10.6. The van der Waals surface area contributed by atoms with Gasteiger partial charge in [-0.2, -0.15) is 0 Å². The van der Waals surface area contributed by atoms with Crippen molar-refractivity contribution in [3.8, 4) is 0 Å². The van der Waals surface area contributed by atoms with Crippen LogP contribution in [0.2, 0.25) is 0 Å². The van der Waals surface area contributed by atoms with Gasteiger partial charge in [0.2, 0.25) is 0 Å². The number of aliphatic hydroxyl groups is 1. The SMILES string of the molecule is CCCn1nncc1C(C)(O)c1cccnc1. The van der Waals surface area contributed by atoms with Gasteiger partial charge >= 0.3 is 0 Å². The second-order valence-electron chi connectivity index (χ2n) is 4.16. The average molecular weight is 232 g/mol. The lowest BCUT2D eigenvalue weighted by molar-refractivity contribution is 0.0910. The van der Waals surface area contributed by atoms with Gasteiger partial charge in [0.1, 0.15) is 5.60 Å². The van der Waals surface area contributed by atoms with Crippen molar-refractivity contribution >= 4 is 0 Å². The van der Waals surface area contributed by atoms with Crippen LogP contribution in [0.4, 0.5) is 0 Å². The molecule has 0 aliphatic carbocycles. The van der Waals surface area contributed by atoms with E-state index in [4.69, 9.17) is 0 Å². The maximum absolute atomic E-state index is 10.6. The second-order valence-corrected chi connectivity index (χ2v) is 4.16. The highest BCUT2D eigenvalue weighted by Gasteiger charge is 2.30. The van der Waals surface area contributed by atoms with Crippen LogP contribution in [0, 0.1) is 0 Å². The summed E-state index contributed by atoms with van der Waals surface area (Å²) in [6.07, 6.45) is 5.88. The first-order valence-corrected chi connectivity index (χ1v) is 5.68. The summed E-state index contributed by atoms with van der Waals surface area (Å²) in [5.74, 6) is 0. The Bertz CT molecular complexity index is 478. The zero-order chi connectivity index (χ0) is 12.3. The van der Waals surface area contributed by atoms with Crippen LogP contribution < -0.4 is 0 Å². The van der Waals surface area contributed by atoms with Crippen LogP contribution in [-0.4, -0.2) is 25.1 Å². The van der Waals surface area contributed by atoms with Crippen molar-refractivity contribution in [1.82, 2.24) is 20.0 Å². The number of aromatic nitrogens is 4. The first-order chi connectivity index (χ1) is 8.16. The van der Waals surface area contributed by atoms with Crippen molar-refractivity contribution in [1.29, 1.82) is 0 Å². The Labute approximate surface area is 100 Å². The van der Waals surface area contributed by atoms with Crippen LogP contribution in [0.1, 0.15) is 31.5 Å². The highest BCUT2D eigenvalue weighted by molar-refractivity contribution is 5.27. The topological polar surface area (TPSA) is 63.8 Å². The Morgan fingerprint density at radius 2 is 2.24 bits per heavy atom. The van der Waals surface area contributed by atoms with E-state index < -0.39 is 5.60 Å². The minimum atomic E-state index is -1.12.